The number of rotatable bonds is 5. The second-order valence-electron chi connectivity index (χ2n) is 3.46. The van der Waals surface area contributed by atoms with Gasteiger partial charge in [0.15, 0.2) is 10.4 Å². The highest BCUT2D eigenvalue weighted by molar-refractivity contribution is 9.10. The summed E-state index contributed by atoms with van der Waals surface area (Å²) in [5, 5.41) is 7.22. The molecular weight excluding hydrogens is 272 g/mol. The predicted molar refractivity (Wildman–Crippen MR) is 63.9 cm³/mol. The molecule has 2 aromatic heterocycles. The van der Waals surface area contributed by atoms with Crippen LogP contribution in [0.15, 0.2) is 31.8 Å². The van der Waals surface area contributed by atoms with Crippen molar-refractivity contribution in [2.75, 3.05) is 6.54 Å². The average Bonchev–Trinajstić information content (AvgIpc) is 2.87. The number of nitrogens with zero attached hydrogens (tertiary/aromatic N) is 1. The Bertz CT molecular complexity index is 450. The molecule has 86 valence electrons. The molecule has 0 saturated heterocycles. The van der Waals surface area contributed by atoms with Crippen molar-refractivity contribution in [2.45, 2.75) is 19.9 Å². The Morgan fingerprint density at radius 1 is 1.38 bits per heavy atom. The predicted octanol–water partition coefficient (Wildman–Crippen LogP) is 3.20. The summed E-state index contributed by atoms with van der Waals surface area (Å²) in [5.74, 6) is 1.33. The fourth-order valence-corrected chi connectivity index (χ4v) is 1.66. The largest absolute Gasteiger partial charge is 0.446 e. The number of aromatic nitrogens is 1. The third kappa shape index (κ3) is 2.74. The third-order valence-corrected chi connectivity index (χ3v) is 2.53. The number of nitrogens with one attached hydrogen (secondary N) is 1. The van der Waals surface area contributed by atoms with Gasteiger partial charge in [0, 0.05) is 12.6 Å². The van der Waals surface area contributed by atoms with Crippen molar-refractivity contribution in [3.8, 4) is 11.5 Å². The lowest BCUT2D eigenvalue weighted by Gasteiger charge is -1.96. The molecule has 0 amide bonds. The summed E-state index contributed by atoms with van der Waals surface area (Å²) in [5.41, 5.74) is 0.885. The molecule has 0 aliphatic rings. The highest BCUT2D eigenvalue weighted by atomic mass is 79.9. The van der Waals surface area contributed by atoms with Gasteiger partial charge >= 0.3 is 0 Å². The van der Waals surface area contributed by atoms with Crippen LogP contribution in [-0.2, 0) is 6.54 Å². The van der Waals surface area contributed by atoms with Gasteiger partial charge in [-0.15, -0.1) is 0 Å². The van der Waals surface area contributed by atoms with Crippen molar-refractivity contribution in [2.24, 2.45) is 0 Å². The van der Waals surface area contributed by atoms with E-state index in [1.807, 2.05) is 18.2 Å². The molecule has 0 saturated carbocycles. The smallest absolute Gasteiger partial charge is 0.202 e. The van der Waals surface area contributed by atoms with Crippen molar-refractivity contribution in [3.05, 3.63) is 28.6 Å². The van der Waals surface area contributed by atoms with Gasteiger partial charge in [-0.1, -0.05) is 12.1 Å². The van der Waals surface area contributed by atoms with E-state index in [-0.39, 0.29) is 0 Å². The maximum Gasteiger partial charge on any atom is 0.202 e. The highest BCUT2D eigenvalue weighted by Gasteiger charge is 2.09. The fourth-order valence-electron chi connectivity index (χ4n) is 1.35. The summed E-state index contributed by atoms with van der Waals surface area (Å²) in [4.78, 5) is 0. The number of hydrogen-bond donors (Lipinski definition) is 1. The molecule has 2 heterocycles. The van der Waals surface area contributed by atoms with E-state index in [4.69, 9.17) is 8.94 Å². The van der Waals surface area contributed by atoms with Crippen LogP contribution >= 0.6 is 15.9 Å². The first kappa shape index (κ1) is 11.4. The van der Waals surface area contributed by atoms with Crippen LogP contribution in [0.5, 0.6) is 0 Å². The van der Waals surface area contributed by atoms with E-state index >= 15 is 0 Å². The Balaban J connectivity index is 2.02. The van der Waals surface area contributed by atoms with Crippen LogP contribution in [0.25, 0.3) is 11.5 Å². The first-order chi connectivity index (χ1) is 7.79. The molecule has 0 bridgehead atoms. The van der Waals surface area contributed by atoms with Gasteiger partial charge in [-0.3, -0.25) is 0 Å². The molecule has 0 unspecified atom stereocenters. The molecule has 0 aromatic carbocycles. The zero-order chi connectivity index (χ0) is 11.4. The summed E-state index contributed by atoms with van der Waals surface area (Å²) in [6, 6.07) is 5.55. The van der Waals surface area contributed by atoms with Crippen molar-refractivity contribution in [3.63, 3.8) is 0 Å². The molecule has 0 radical (unpaired) electrons. The summed E-state index contributed by atoms with van der Waals surface area (Å²) in [6.45, 7) is 3.83. The van der Waals surface area contributed by atoms with Gasteiger partial charge in [0.2, 0.25) is 5.76 Å². The second kappa shape index (κ2) is 5.32. The van der Waals surface area contributed by atoms with Crippen molar-refractivity contribution < 1.29 is 8.94 Å². The number of hydrogen-bond acceptors (Lipinski definition) is 4. The minimum atomic E-state index is 0.652. The third-order valence-electron chi connectivity index (χ3n) is 2.11. The SMILES string of the molecule is CCCNCc1cc(-c2ccc(Br)o2)on1. The molecule has 5 heteroatoms. The topological polar surface area (TPSA) is 51.2 Å². The molecule has 1 N–H and O–H groups in total. The van der Waals surface area contributed by atoms with Gasteiger partial charge in [-0.05, 0) is 41.0 Å². The highest BCUT2D eigenvalue weighted by Crippen LogP contribution is 2.25. The van der Waals surface area contributed by atoms with Crippen LogP contribution in [0.1, 0.15) is 19.0 Å². The van der Waals surface area contributed by atoms with Crippen LogP contribution in [0.4, 0.5) is 0 Å². The van der Waals surface area contributed by atoms with Crippen molar-refractivity contribution in [1.29, 1.82) is 0 Å². The van der Waals surface area contributed by atoms with E-state index in [2.05, 4.69) is 33.3 Å². The van der Waals surface area contributed by atoms with E-state index in [9.17, 15) is 0 Å². The average molecular weight is 285 g/mol. The normalized spacial score (nSPS) is 10.9. The molecule has 0 spiro atoms. The Morgan fingerprint density at radius 2 is 2.25 bits per heavy atom. The molecule has 0 aliphatic carbocycles. The zero-order valence-electron chi connectivity index (χ0n) is 9.00. The standard InChI is InChI=1S/C11H13BrN2O2/c1-2-5-13-7-8-6-10(16-14-8)9-3-4-11(12)15-9/h3-4,6,13H,2,5,7H2,1H3. The van der Waals surface area contributed by atoms with Gasteiger partial charge in [0.05, 0.1) is 5.69 Å². The first-order valence-electron chi connectivity index (χ1n) is 5.21. The van der Waals surface area contributed by atoms with E-state index in [1.165, 1.54) is 0 Å². The maximum atomic E-state index is 5.37. The molecule has 16 heavy (non-hydrogen) atoms. The summed E-state index contributed by atoms with van der Waals surface area (Å²) in [6.07, 6.45) is 1.11. The van der Waals surface area contributed by atoms with Gasteiger partial charge in [0.25, 0.3) is 0 Å². The summed E-state index contributed by atoms with van der Waals surface area (Å²) in [7, 11) is 0. The molecule has 2 aromatic rings. The fraction of sp³-hybridized carbons (Fsp3) is 0.364. The molecular formula is C11H13BrN2O2. The van der Waals surface area contributed by atoms with Crippen LogP contribution in [-0.4, -0.2) is 11.7 Å². The number of furan rings is 1. The molecule has 4 nitrogen and oxygen atoms in total. The lowest BCUT2D eigenvalue weighted by Crippen LogP contribution is -2.13. The molecule has 0 aliphatic heterocycles. The van der Waals surface area contributed by atoms with Gasteiger partial charge in [0.1, 0.15) is 0 Å². The lowest BCUT2D eigenvalue weighted by molar-refractivity contribution is 0.406. The zero-order valence-corrected chi connectivity index (χ0v) is 10.6. The Kier molecular flexibility index (Phi) is 3.79. The van der Waals surface area contributed by atoms with E-state index in [0.29, 0.717) is 16.2 Å². The summed E-state index contributed by atoms with van der Waals surface area (Å²) < 4.78 is 11.2. The second-order valence-corrected chi connectivity index (χ2v) is 4.24. The maximum absolute atomic E-state index is 5.37. The van der Waals surface area contributed by atoms with Crippen LogP contribution in [0, 0.1) is 0 Å². The number of halogens is 1. The molecule has 2 rings (SSSR count). The minimum absolute atomic E-state index is 0.652. The van der Waals surface area contributed by atoms with Crippen molar-refractivity contribution >= 4 is 15.9 Å². The van der Waals surface area contributed by atoms with Gasteiger partial charge in [-0.2, -0.15) is 0 Å². The molecule has 0 fully saturated rings. The van der Waals surface area contributed by atoms with E-state index < -0.39 is 0 Å². The van der Waals surface area contributed by atoms with Crippen LogP contribution in [0.3, 0.4) is 0 Å². The minimum Gasteiger partial charge on any atom is -0.446 e. The van der Waals surface area contributed by atoms with Crippen LogP contribution < -0.4 is 5.32 Å². The Morgan fingerprint density at radius 3 is 2.94 bits per heavy atom. The Hall–Kier alpha value is -1.07. The van der Waals surface area contributed by atoms with Gasteiger partial charge < -0.3 is 14.3 Å². The molecule has 0 atom stereocenters. The Labute approximate surface area is 102 Å². The lowest BCUT2D eigenvalue weighted by atomic mass is 10.3. The monoisotopic (exact) mass is 284 g/mol. The quantitative estimate of drug-likeness (QED) is 0.857. The van der Waals surface area contributed by atoms with Gasteiger partial charge in [-0.25, -0.2) is 0 Å². The summed E-state index contributed by atoms with van der Waals surface area (Å²) >= 11 is 3.25. The van der Waals surface area contributed by atoms with E-state index in [1.54, 1.807) is 0 Å². The first-order valence-corrected chi connectivity index (χ1v) is 6.01. The van der Waals surface area contributed by atoms with Crippen LogP contribution in [0.2, 0.25) is 0 Å². The van der Waals surface area contributed by atoms with E-state index in [0.717, 1.165) is 25.2 Å². The van der Waals surface area contributed by atoms with Crippen molar-refractivity contribution in [1.82, 2.24) is 10.5 Å².